The number of aromatic nitrogens is 2. The van der Waals surface area contributed by atoms with Crippen LogP contribution in [0.15, 0.2) is 16.1 Å². The highest BCUT2D eigenvalue weighted by atomic mass is 32.1. The van der Waals surface area contributed by atoms with E-state index in [0.717, 1.165) is 0 Å². The van der Waals surface area contributed by atoms with E-state index in [4.69, 9.17) is 37.2 Å². The number of rotatable bonds is 9. The molecular weight excluding hydrogens is 549 g/mol. The van der Waals surface area contributed by atoms with Crippen molar-refractivity contribution in [3.8, 4) is 0 Å². The molecule has 6 N–H and O–H groups in total. The van der Waals surface area contributed by atoms with E-state index in [9.17, 15) is 37.3 Å². The molecular formula is C9H12F2N5O13P3S. The Balaban J connectivity index is 2.32. The van der Waals surface area contributed by atoms with Gasteiger partial charge in [-0.25, -0.2) is 18.1 Å². The maximum Gasteiger partial charge on any atom is 0.490 e. The number of phosphoric acid groups is 3. The lowest BCUT2D eigenvalue weighted by molar-refractivity contribution is -0.122. The molecule has 33 heavy (non-hydrogen) atoms. The fraction of sp³-hybridized carbons (Fsp3) is 0.556. The van der Waals surface area contributed by atoms with E-state index < -0.39 is 70.5 Å². The van der Waals surface area contributed by atoms with Gasteiger partial charge in [0.1, 0.15) is 6.10 Å². The van der Waals surface area contributed by atoms with Gasteiger partial charge in [-0.3, -0.25) is 18.9 Å². The van der Waals surface area contributed by atoms with Crippen LogP contribution in [-0.4, -0.2) is 58.8 Å². The summed E-state index contributed by atoms with van der Waals surface area (Å²) in [7, 11) is -17.4. The third-order valence-corrected chi connectivity index (χ3v) is 7.72. The molecule has 1 aliphatic heterocycles. The summed E-state index contributed by atoms with van der Waals surface area (Å²) in [4.78, 5) is 50.9. The van der Waals surface area contributed by atoms with Gasteiger partial charge in [-0.15, -0.1) is 0 Å². The van der Waals surface area contributed by atoms with Gasteiger partial charge in [0.05, 0.1) is 12.8 Å². The molecule has 0 radical (unpaired) electrons. The molecule has 2 heterocycles. The second kappa shape index (κ2) is 9.69. The summed E-state index contributed by atoms with van der Waals surface area (Å²) in [6.45, 7) is -1.57. The molecule has 0 bridgehead atoms. The van der Waals surface area contributed by atoms with Gasteiger partial charge in [-0.2, -0.15) is 13.0 Å². The molecule has 1 aromatic heterocycles. The van der Waals surface area contributed by atoms with Crippen LogP contribution in [0.1, 0.15) is 6.23 Å². The Bertz CT molecular complexity index is 1230. The molecule has 0 amide bonds. The average Bonchev–Trinajstić information content (AvgIpc) is 2.86. The minimum atomic E-state index is -5.91. The van der Waals surface area contributed by atoms with Gasteiger partial charge in [0.2, 0.25) is 11.5 Å². The first-order valence-corrected chi connectivity index (χ1v) is 12.7. The molecule has 6 atom stereocenters. The number of aliphatic hydroxyl groups excluding tert-OH is 1. The lowest BCUT2D eigenvalue weighted by Gasteiger charge is -2.27. The second-order valence-electron chi connectivity index (χ2n) is 5.94. The van der Waals surface area contributed by atoms with E-state index in [1.54, 1.807) is 0 Å². The van der Waals surface area contributed by atoms with Gasteiger partial charge in [0.15, 0.2) is 17.2 Å². The summed E-state index contributed by atoms with van der Waals surface area (Å²) in [6.07, 6.45) is -6.78. The lowest BCUT2D eigenvalue weighted by atomic mass is 10.1. The third kappa shape index (κ3) is 6.82. The highest BCUT2D eigenvalue weighted by molar-refractivity contribution is 7.71. The molecule has 1 fully saturated rings. The second-order valence-corrected chi connectivity index (χ2v) is 10.7. The summed E-state index contributed by atoms with van der Waals surface area (Å²) >= 11 is 4.73. The van der Waals surface area contributed by atoms with Crippen molar-refractivity contribution in [2.24, 2.45) is 5.11 Å². The molecule has 1 saturated heterocycles. The third-order valence-electron chi connectivity index (χ3n) is 3.62. The number of azide groups is 1. The van der Waals surface area contributed by atoms with Crippen molar-refractivity contribution in [1.29, 1.82) is 0 Å². The molecule has 0 spiro atoms. The molecule has 0 aromatic carbocycles. The van der Waals surface area contributed by atoms with Crippen LogP contribution in [0.3, 0.4) is 0 Å². The molecule has 0 saturated carbocycles. The Kier molecular flexibility index (Phi) is 8.18. The van der Waals surface area contributed by atoms with Crippen LogP contribution in [0.5, 0.6) is 0 Å². The number of nitrogens with one attached hydrogen (secondary N) is 1. The molecule has 24 heteroatoms. The summed E-state index contributed by atoms with van der Waals surface area (Å²) in [6, 6.07) is 0. The summed E-state index contributed by atoms with van der Waals surface area (Å²) in [5.74, 6) is -1.46. The van der Waals surface area contributed by atoms with Crippen LogP contribution in [0.25, 0.3) is 10.4 Å². The molecule has 0 aliphatic carbocycles. The zero-order chi connectivity index (χ0) is 25.4. The van der Waals surface area contributed by atoms with Crippen molar-refractivity contribution in [2.75, 3.05) is 6.61 Å². The van der Waals surface area contributed by atoms with Crippen LogP contribution in [0, 0.1) is 10.6 Å². The van der Waals surface area contributed by atoms with Crippen LogP contribution >= 0.6 is 35.7 Å². The van der Waals surface area contributed by atoms with Crippen molar-refractivity contribution >= 4 is 35.7 Å². The zero-order valence-electron chi connectivity index (χ0n) is 15.3. The van der Waals surface area contributed by atoms with Crippen molar-refractivity contribution in [3.63, 3.8) is 0 Å². The van der Waals surface area contributed by atoms with E-state index in [1.807, 2.05) is 4.98 Å². The number of aliphatic hydroxyl groups is 1. The maximum atomic E-state index is 14.7. The van der Waals surface area contributed by atoms with Gasteiger partial charge in [-0.05, 0) is 17.7 Å². The quantitative estimate of drug-likeness (QED) is 0.0793. The van der Waals surface area contributed by atoms with E-state index in [0.29, 0.717) is 10.8 Å². The SMILES string of the molecule is [N-]=[N+]=N[C@]1(COP(=O)(O)OP(=O)(O)OP(=O)(O)O)O[C@@H](n2cc(F)c(=O)[nH]c2=S)[C@@H](F)C1O. The first-order chi connectivity index (χ1) is 14.9. The minimum Gasteiger partial charge on any atom is -0.387 e. The van der Waals surface area contributed by atoms with E-state index in [1.165, 1.54) is 0 Å². The Morgan fingerprint density at radius 3 is 2.45 bits per heavy atom. The zero-order valence-corrected chi connectivity index (χ0v) is 18.8. The number of hydrogen-bond acceptors (Lipinski definition) is 11. The number of ether oxygens (including phenoxy) is 1. The predicted molar refractivity (Wildman–Crippen MR) is 98.6 cm³/mol. The standard InChI is InChI=1S/C9H12F2N5O13P3S/c10-3-1-16(8(33)13-6(3)18)7-4(11)5(17)9(27-7,14-15-12)2-26-31(22,23)29-32(24,25)28-30(19,20)21/h1,4-5,7,17H,2H2,(H,22,23)(H,24,25)(H,13,18,33)(H2,19,20,21)/t4-,5?,7+,9+/m0/s1. The van der Waals surface area contributed by atoms with Crippen molar-refractivity contribution in [2.45, 2.75) is 24.2 Å². The molecule has 2 rings (SSSR count). The number of halogens is 2. The highest BCUT2D eigenvalue weighted by Crippen LogP contribution is 2.66. The van der Waals surface area contributed by atoms with Gasteiger partial charge in [-0.1, -0.05) is 5.11 Å². The van der Waals surface area contributed by atoms with Crippen LogP contribution in [0.2, 0.25) is 0 Å². The highest BCUT2D eigenvalue weighted by Gasteiger charge is 2.57. The monoisotopic (exact) mass is 561 g/mol. The van der Waals surface area contributed by atoms with Gasteiger partial charge in [0, 0.05) is 4.91 Å². The maximum absolute atomic E-state index is 14.7. The summed E-state index contributed by atoms with van der Waals surface area (Å²) < 4.78 is 78.2. The van der Waals surface area contributed by atoms with Crippen molar-refractivity contribution in [3.05, 3.63) is 37.6 Å². The molecule has 1 aromatic rings. The first-order valence-electron chi connectivity index (χ1n) is 7.77. The first kappa shape index (κ1) is 27.8. The van der Waals surface area contributed by atoms with Crippen LogP contribution in [-0.2, 0) is 31.6 Å². The summed E-state index contributed by atoms with van der Waals surface area (Å²) in [5.41, 5.74) is 4.56. The largest absolute Gasteiger partial charge is 0.490 e. The van der Waals surface area contributed by atoms with E-state index >= 15 is 0 Å². The van der Waals surface area contributed by atoms with E-state index in [2.05, 4.69) is 23.2 Å². The lowest BCUT2D eigenvalue weighted by Crippen LogP contribution is -2.44. The van der Waals surface area contributed by atoms with Gasteiger partial charge < -0.3 is 29.4 Å². The fourth-order valence-corrected chi connectivity index (χ4v) is 5.68. The predicted octanol–water partition coefficient (Wildman–Crippen LogP) is 0.623. The minimum absolute atomic E-state index is 0.389. The molecule has 186 valence electrons. The molecule has 1 aliphatic rings. The normalized spacial score (nSPS) is 29.1. The fourth-order valence-electron chi connectivity index (χ4n) is 2.39. The van der Waals surface area contributed by atoms with Gasteiger partial charge >= 0.3 is 23.5 Å². The van der Waals surface area contributed by atoms with Crippen molar-refractivity contribution in [1.82, 2.24) is 9.55 Å². The number of H-pyrrole nitrogens is 1. The smallest absolute Gasteiger partial charge is 0.387 e. The Hall–Kier alpha value is -1.40. The van der Waals surface area contributed by atoms with E-state index in [-0.39, 0.29) is 0 Å². The Morgan fingerprint density at radius 2 is 1.91 bits per heavy atom. The number of alkyl halides is 1. The Labute approximate surface area is 184 Å². The average molecular weight is 561 g/mol. The van der Waals surface area contributed by atoms with Crippen LogP contribution < -0.4 is 5.56 Å². The number of phosphoric ester groups is 1. The molecule has 3 unspecified atom stereocenters. The summed E-state index contributed by atoms with van der Waals surface area (Å²) in [5, 5.41) is 13.1. The Morgan fingerprint density at radius 1 is 1.30 bits per heavy atom. The number of hydrogen-bond donors (Lipinski definition) is 6. The van der Waals surface area contributed by atoms with Crippen LogP contribution in [0.4, 0.5) is 8.78 Å². The number of nitrogens with zero attached hydrogens (tertiary/aromatic N) is 4. The van der Waals surface area contributed by atoms with Gasteiger partial charge in [0.25, 0.3) is 5.56 Å². The topological polar surface area (TPSA) is 276 Å². The number of aromatic amines is 1. The molecule has 18 nitrogen and oxygen atoms in total. The van der Waals surface area contributed by atoms with Crippen molar-refractivity contribution < 1.29 is 65.0 Å².